The van der Waals surface area contributed by atoms with Crippen LogP contribution in [0.5, 0.6) is 0 Å². The summed E-state index contributed by atoms with van der Waals surface area (Å²) in [6.45, 7) is 1.95. The summed E-state index contributed by atoms with van der Waals surface area (Å²) in [5.74, 6) is 0.441. The average Bonchev–Trinajstić information content (AvgIpc) is 3.01. The number of fused-ring (bicyclic) bond motifs is 1. The molecule has 2 saturated heterocycles. The molecule has 1 amide bonds. The number of aliphatic hydroxyl groups is 1. The zero-order chi connectivity index (χ0) is 21.4. The molecule has 1 aromatic heterocycles. The molecular formula is C22H27ClN2O4S. The number of amides is 1. The Balaban J connectivity index is 1.44. The van der Waals surface area contributed by atoms with E-state index in [1.807, 2.05) is 11.8 Å². The Labute approximate surface area is 181 Å². The number of benzene rings is 1. The second-order valence-electron chi connectivity index (χ2n) is 9.67. The first-order valence-corrected chi connectivity index (χ1v) is 12.8. The van der Waals surface area contributed by atoms with Crippen LogP contribution in [0.15, 0.2) is 24.4 Å². The largest absolute Gasteiger partial charge is 0.390 e. The summed E-state index contributed by atoms with van der Waals surface area (Å²) in [6.07, 6.45) is 7.28. The van der Waals surface area contributed by atoms with Gasteiger partial charge in [-0.05, 0) is 61.6 Å². The highest BCUT2D eigenvalue weighted by atomic mass is 35.5. The highest BCUT2D eigenvalue weighted by molar-refractivity contribution is 7.89. The molecule has 3 heterocycles. The van der Waals surface area contributed by atoms with Crippen LogP contribution in [0.2, 0.25) is 5.02 Å². The van der Waals surface area contributed by atoms with Gasteiger partial charge in [-0.15, -0.1) is 0 Å². The topological polar surface area (TPSA) is 79.6 Å². The highest BCUT2D eigenvalue weighted by Gasteiger charge is 2.54. The summed E-state index contributed by atoms with van der Waals surface area (Å²) < 4.78 is 25.8. The molecule has 3 atom stereocenters. The molecule has 6 nitrogen and oxygen atoms in total. The van der Waals surface area contributed by atoms with Crippen LogP contribution in [0.3, 0.4) is 0 Å². The third-order valence-electron chi connectivity index (χ3n) is 7.33. The maximum Gasteiger partial charge on any atom is 0.236 e. The van der Waals surface area contributed by atoms with E-state index in [-0.39, 0.29) is 23.9 Å². The van der Waals surface area contributed by atoms with Crippen molar-refractivity contribution in [3.05, 3.63) is 35.0 Å². The molecule has 1 N–H and O–H groups in total. The van der Waals surface area contributed by atoms with E-state index in [0.29, 0.717) is 41.1 Å². The highest BCUT2D eigenvalue weighted by Crippen LogP contribution is 2.51. The van der Waals surface area contributed by atoms with Crippen LogP contribution in [0.25, 0.3) is 10.9 Å². The minimum absolute atomic E-state index is 0.0900. The van der Waals surface area contributed by atoms with E-state index in [9.17, 15) is 18.3 Å². The Morgan fingerprint density at radius 2 is 1.93 bits per heavy atom. The summed E-state index contributed by atoms with van der Waals surface area (Å²) in [4.78, 5) is 15.4. The lowest BCUT2D eigenvalue weighted by atomic mass is 9.61. The van der Waals surface area contributed by atoms with E-state index >= 15 is 0 Å². The summed E-state index contributed by atoms with van der Waals surface area (Å²) >= 11 is 6.44. The van der Waals surface area contributed by atoms with Crippen molar-refractivity contribution in [1.82, 2.24) is 8.87 Å². The van der Waals surface area contributed by atoms with E-state index in [2.05, 4.69) is 0 Å². The predicted molar refractivity (Wildman–Crippen MR) is 116 cm³/mol. The van der Waals surface area contributed by atoms with Crippen LogP contribution in [0.4, 0.5) is 0 Å². The number of carbonyl (C=O) groups is 1. The van der Waals surface area contributed by atoms with Gasteiger partial charge in [0.2, 0.25) is 15.9 Å². The van der Waals surface area contributed by atoms with Gasteiger partial charge in [-0.3, -0.25) is 4.79 Å². The first-order chi connectivity index (χ1) is 14.1. The van der Waals surface area contributed by atoms with Crippen molar-refractivity contribution in [2.75, 3.05) is 6.26 Å². The second kappa shape index (κ2) is 6.71. The summed E-state index contributed by atoms with van der Waals surface area (Å²) in [5, 5.41) is 12.0. The van der Waals surface area contributed by atoms with Crippen molar-refractivity contribution in [3.8, 4) is 0 Å². The van der Waals surface area contributed by atoms with Crippen molar-refractivity contribution in [2.24, 2.45) is 5.92 Å². The van der Waals surface area contributed by atoms with Gasteiger partial charge in [0.15, 0.2) is 0 Å². The van der Waals surface area contributed by atoms with Gasteiger partial charge >= 0.3 is 0 Å². The quantitative estimate of drug-likeness (QED) is 0.773. The normalized spacial score (nSPS) is 31.5. The first-order valence-electron chi connectivity index (χ1n) is 10.6. The van der Waals surface area contributed by atoms with Crippen molar-refractivity contribution < 1.29 is 18.3 Å². The number of carbonyl (C=O) groups excluding carboxylic acids is 1. The monoisotopic (exact) mass is 450 g/mol. The molecule has 2 saturated carbocycles. The maximum atomic E-state index is 13.3. The number of halogens is 1. The lowest BCUT2D eigenvalue weighted by Gasteiger charge is -2.59. The fraction of sp³-hybridized carbons (Fsp3) is 0.591. The standard InChI is InChI=1S/C22H27ClN2O4S/c1-13(17-12-24(30(2,28)29)19-5-3-4-18(23)21(17)19)6-20(26)25-15-7-14-8-16(25)11-22(27,9-14)10-15/h3-5,12-16,27H,6-11H2,1-2H3. The maximum absolute atomic E-state index is 13.3. The van der Waals surface area contributed by atoms with Gasteiger partial charge in [0.05, 0.1) is 22.4 Å². The number of aromatic nitrogens is 1. The molecule has 30 heavy (non-hydrogen) atoms. The Kier molecular flexibility index (Phi) is 4.55. The summed E-state index contributed by atoms with van der Waals surface area (Å²) in [7, 11) is -3.49. The van der Waals surface area contributed by atoms with Crippen molar-refractivity contribution >= 4 is 38.4 Å². The molecule has 4 aliphatic rings. The molecule has 1 aromatic carbocycles. The fourth-order valence-electron chi connectivity index (χ4n) is 6.36. The Bertz CT molecular complexity index is 1130. The van der Waals surface area contributed by atoms with Crippen LogP contribution in [-0.4, -0.2) is 52.2 Å². The predicted octanol–water partition coefficient (Wildman–Crippen LogP) is 3.50. The van der Waals surface area contributed by atoms with Crippen molar-refractivity contribution in [2.45, 2.75) is 69.1 Å². The molecule has 2 aliphatic heterocycles. The van der Waals surface area contributed by atoms with Gasteiger partial charge in [-0.25, -0.2) is 12.4 Å². The lowest BCUT2D eigenvalue weighted by Crippen LogP contribution is -2.65. The van der Waals surface area contributed by atoms with Crippen molar-refractivity contribution in [3.63, 3.8) is 0 Å². The van der Waals surface area contributed by atoms with Gasteiger partial charge < -0.3 is 10.0 Å². The molecule has 2 aliphatic carbocycles. The molecule has 6 rings (SSSR count). The van der Waals surface area contributed by atoms with Crippen LogP contribution < -0.4 is 0 Å². The third kappa shape index (κ3) is 3.17. The minimum atomic E-state index is -3.49. The second-order valence-corrected chi connectivity index (χ2v) is 11.9. The molecule has 0 radical (unpaired) electrons. The number of hydrogen-bond acceptors (Lipinski definition) is 4. The molecular weight excluding hydrogens is 424 g/mol. The smallest absolute Gasteiger partial charge is 0.236 e. The van der Waals surface area contributed by atoms with E-state index in [1.165, 1.54) is 3.97 Å². The van der Waals surface area contributed by atoms with E-state index in [1.54, 1.807) is 24.4 Å². The SMILES string of the molecule is CC(CC(=O)N1C2CC3CC1CC(O)(C3)C2)c1cn(S(C)(=O)=O)c2cccc(Cl)c12. The van der Waals surface area contributed by atoms with Gasteiger partial charge in [0.25, 0.3) is 0 Å². The third-order valence-corrected chi connectivity index (χ3v) is 8.66. The zero-order valence-electron chi connectivity index (χ0n) is 17.2. The van der Waals surface area contributed by atoms with Crippen LogP contribution in [0.1, 0.15) is 56.9 Å². The first kappa shape index (κ1) is 20.3. The van der Waals surface area contributed by atoms with Crippen LogP contribution >= 0.6 is 11.6 Å². The lowest BCUT2D eigenvalue weighted by molar-refractivity contribution is -0.174. The molecule has 0 spiro atoms. The fourth-order valence-corrected chi connectivity index (χ4v) is 7.45. The Morgan fingerprint density at radius 1 is 1.27 bits per heavy atom. The Morgan fingerprint density at radius 3 is 2.53 bits per heavy atom. The minimum Gasteiger partial charge on any atom is -0.390 e. The average molecular weight is 451 g/mol. The molecule has 8 heteroatoms. The molecule has 4 fully saturated rings. The van der Waals surface area contributed by atoms with Gasteiger partial charge in [0, 0.05) is 30.1 Å². The van der Waals surface area contributed by atoms with Crippen LogP contribution in [0, 0.1) is 5.92 Å². The summed E-state index contributed by atoms with van der Waals surface area (Å²) in [6, 6.07) is 5.47. The van der Waals surface area contributed by atoms with E-state index in [0.717, 1.165) is 31.1 Å². The number of hydrogen-bond donors (Lipinski definition) is 1. The molecule has 2 aromatic rings. The zero-order valence-corrected chi connectivity index (χ0v) is 18.8. The number of rotatable bonds is 4. The van der Waals surface area contributed by atoms with E-state index < -0.39 is 15.6 Å². The summed E-state index contributed by atoms with van der Waals surface area (Å²) in [5.41, 5.74) is 0.726. The number of piperidine rings is 2. The van der Waals surface area contributed by atoms with Gasteiger partial charge in [-0.2, -0.15) is 0 Å². The van der Waals surface area contributed by atoms with Crippen molar-refractivity contribution in [1.29, 1.82) is 0 Å². The molecule has 3 unspecified atom stereocenters. The molecule has 162 valence electrons. The van der Waals surface area contributed by atoms with Gasteiger partial charge in [-0.1, -0.05) is 24.6 Å². The van der Waals surface area contributed by atoms with Crippen LogP contribution in [-0.2, 0) is 14.8 Å². The van der Waals surface area contributed by atoms with E-state index in [4.69, 9.17) is 11.6 Å². The molecule has 4 bridgehead atoms. The van der Waals surface area contributed by atoms with Gasteiger partial charge in [0.1, 0.15) is 0 Å². The Hall–Kier alpha value is -1.57. The number of nitrogens with zero attached hydrogens (tertiary/aromatic N) is 2.